The highest BCUT2D eigenvalue weighted by Crippen LogP contribution is 2.59. The summed E-state index contributed by atoms with van der Waals surface area (Å²) in [4.78, 5) is 29.0. The summed E-state index contributed by atoms with van der Waals surface area (Å²) in [7, 11) is -4.14. The van der Waals surface area contributed by atoms with Crippen LogP contribution >= 0.6 is 0 Å². The van der Waals surface area contributed by atoms with E-state index in [1.165, 1.54) is 3.97 Å². The van der Waals surface area contributed by atoms with Crippen molar-refractivity contribution in [3.63, 3.8) is 0 Å². The monoisotopic (exact) mass is 788 g/mol. The average Bonchev–Trinajstić information content (AvgIpc) is 3.71. The lowest BCUT2D eigenvalue weighted by Gasteiger charge is -2.55. The Balaban J connectivity index is 1.10. The van der Waals surface area contributed by atoms with Crippen LogP contribution in [0, 0.1) is 22.7 Å². The van der Waals surface area contributed by atoms with Crippen molar-refractivity contribution in [2.75, 3.05) is 0 Å². The molecular formula is C46H48N2O8S. The van der Waals surface area contributed by atoms with Gasteiger partial charge in [0.2, 0.25) is 0 Å². The van der Waals surface area contributed by atoms with Gasteiger partial charge in [-0.05, 0) is 153 Å². The van der Waals surface area contributed by atoms with Crippen LogP contribution in [-0.4, -0.2) is 61.9 Å². The third kappa shape index (κ3) is 4.56. The minimum absolute atomic E-state index is 0.141. The summed E-state index contributed by atoms with van der Waals surface area (Å²) in [5.74, 6) is -2.47. The van der Waals surface area contributed by atoms with E-state index in [9.17, 15) is 38.4 Å². The molecule has 2 fully saturated rings. The predicted molar refractivity (Wildman–Crippen MR) is 218 cm³/mol. The summed E-state index contributed by atoms with van der Waals surface area (Å²) in [5.41, 5.74) is 3.50. The summed E-state index contributed by atoms with van der Waals surface area (Å²) >= 11 is 0. The van der Waals surface area contributed by atoms with Gasteiger partial charge >= 0.3 is 11.9 Å². The predicted octanol–water partition coefficient (Wildman–Crippen LogP) is 7.80. The number of hydrogen-bond acceptors (Lipinski definition) is 6. The number of H-pyrrole nitrogens is 1. The molecule has 8 atom stereocenters. The van der Waals surface area contributed by atoms with Crippen molar-refractivity contribution in [1.82, 2.24) is 8.96 Å². The molecule has 0 unspecified atom stereocenters. The minimum atomic E-state index is -4.14. The van der Waals surface area contributed by atoms with Gasteiger partial charge in [-0.15, -0.1) is 0 Å². The van der Waals surface area contributed by atoms with Crippen LogP contribution < -0.4 is 0 Å². The molecule has 0 radical (unpaired) electrons. The van der Waals surface area contributed by atoms with E-state index in [1.54, 1.807) is 26.0 Å². The molecule has 0 amide bonds. The average molecular weight is 789 g/mol. The zero-order valence-electron chi connectivity index (χ0n) is 32.6. The Morgan fingerprint density at radius 1 is 0.649 bits per heavy atom. The van der Waals surface area contributed by atoms with Gasteiger partial charge in [0.1, 0.15) is 0 Å². The van der Waals surface area contributed by atoms with E-state index in [0.29, 0.717) is 67.9 Å². The molecule has 0 spiro atoms. The first-order valence-corrected chi connectivity index (χ1v) is 21.6. The van der Waals surface area contributed by atoms with Gasteiger partial charge in [-0.1, -0.05) is 38.1 Å². The summed E-state index contributed by atoms with van der Waals surface area (Å²) in [6.07, 6.45) is 2.73. The SMILES string of the molecule is C[C@@]1(C(=O)O)[C@@H](O)CC[C@]2(C)c3cc4c(cc3CC[C@@H]12)[nH]c1cc(S(=O)(=O)n2c3ccccc3c3cc5c(cc32)CC[C@H]2[C@](C)(C(=O)O)[C@@H](O)CC[C@]52C)ccc14. The summed E-state index contributed by atoms with van der Waals surface area (Å²) in [5, 5.41) is 46.0. The van der Waals surface area contributed by atoms with E-state index >= 15 is 0 Å². The van der Waals surface area contributed by atoms with Crippen LogP contribution in [0.5, 0.6) is 0 Å². The fourth-order valence-corrected chi connectivity index (χ4v) is 14.2. The van der Waals surface area contributed by atoms with Crippen LogP contribution in [0.1, 0.15) is 88.5 Å². The second kappa shape index (κ2) is 11.7. The lowest BCUT2D eigenvalue weighted by molar-refractivity contribution is -0.172. The first kappa shape index (κ1) is 36.6. The third-order valence-corrected chi connectivity index (χ3v) is 17.7. The Morgan fingerprint density at radius 2 is 1.19 bits per heavy atom. The molecule has 0 aliphatic heterocycles. The van der Waals surface area contributed by atoms with Gasteiger partial charge in [-0.25, -0.2) is 12.4 Å². The fraction of sp³-hybridized carbons (Fsp3) is 0.435. The van der Waals surface area contributed by atoms with Crippen LogP contribution in [0.2, 0.25) is 0 Å². The van der Waals surface area contributed by atoms with Crippen molar-refractivity contribution >= 4 is 65.6 Å². The lowest BCUT2D eigenvalue weighted by Crippen LogP contribution is -2.58. The normalized spacial score (nSPS) is 32.5. The molecule has 6 aromatic rings. The van der Waals surface area contributed by atoms with Crippen LogP contribution in [0.4, 0.5) is 0 Å². The number of nitrogens with zero attached hydrogens (tertiary/aromatic N) is 1. The van der Waals surface area contributed by atoms with Crippen molar-refractivity contribution in [3.05, 3.63) is 89.0 Å². The summed E-state index contributed by atoms with van der Waals surface area (Å²) < 4.78 is 31.4. The Bertz CT molecular complexity index is 2880. The Hall–Kier alpha value is -4.71. The van der Waals surface area contributed by atoms with E-state index in [0.717, 1.165) is 49.3 Å². The van der Waals surface area contributed by atoms with E-state index in [-0.39, 0.29) is 16.7 Å². The Morgan fingerprint density at radius 3 is 1.79 bits per heavy atom. The number of rotatable bonds is 4. The molecule has 4 aliphatic carbocycles. The molecule has 10 nitrogen and oxygen atoms in total. The number of aliphatic hydroxyl groups excluding tert-OH is 2. The van der Waals surface area contributed by atoms with E-state index < -0.39 is 55.8 Å². The first-order chi connectivity index (χ1) is 27.0. The van der Waals surface area contributed by atoms with Crippen LogP contribution in [0.15, 0.2) is 71.6 Å². The van der Waals surface area contributed by atoms with Gasteiger partial charge in [0.15, 0.2) is 0 Å². The molecule has 2 saturated carbocycles. The number of benzene rings is 4. The Labute approximate surface area is 330 Å². The van der Waals surface area contributed by atoms with E-state index in [2.05, 4.69) is 37.0 Å². The van der Waals surface area contributed by atoms with Crippen molar-refractivity contribution in [2.24, 2.45) is 22.7 Å². The lowest BCUT2D eigenvalue weighted by atomic mass is 9.49. The number of carbonyl (C=O) groups is 2. The number of aromatic amines is 1. The molecule has 5 N–H and O–H groups in total. The number of aryl methyl sites for hydroxylation is 2. The maximum absolute atomic E-state index is 15.0. The van der Waals surface area contributed by atoms with Gasteiger partial charge in [0, 0.05) is 32.6 Å². The van der Waals surface area contributed by atoms with Gasteiger partial charge in [-0.2, -0.15) is 0 Å². The molecule has 57 heavy (non-hydrogen) atoms. The second-order valence-corrected chi connectivity index (χ2v) is 20.3. The molecular weight excluding hydrogens is 741 g/mol. The number of aliphatic hydroxyl groups is 2. The van der Waals surface area contributed by atoms with Crippen molar-refractivity contribution < 1.29 is 38.4 Å². The molecule has 4 aliphatic rings. The van der Waals surface area contributed by atoms with Crippen molar-refractivity contribution in [3.8, 4) is 0 Å². The molecule has 10 rings (SSSR count). The standard InChI is InChI=1S/C46H48N2O8S/c1-43-17-15-39(49)45(3,41(51)52)37(43)13-9-24-19-33-29(22-31(24)43)27-12-11-26(21-34(27)47-33)57(55,56)48-35-8-6-5-7-28(35)30-23-32-25(20-36(30)48)10-14-38-44(32,2)18-16-40(50)46(38,4)42(53)54/h5-8,11-12,19-23,37-40,47,49-50H,9-10,13-18H2,1-4H3,(H,51,52)(H,53,54)/t37-,38-,39+,40+,43-,44-,45+,46+/m1/s1. The van der Waals surface area contributed by atoms with Gasteiger partial charge in [0.05, 0.1) is 39.0 Å². The second-order valence-electron chi connectivity index (χ2n) is 18.5. The highest BCUT2D eigenvalue weighted by molar-refractivity contribution is 7.90. The smallest absolute Gasteiger partial charge is 0.312 e. The number of para-hydroxylation sites is 1. The Kier molecular flexibility index (Phi) is 7.52. The number of aliphatic carboxylic acids is 2. The zero-order chi connectivity index (χ0) is 40.2. The van der Waals surface area contributed by atoms with E-state index in [1.807, 2.05) is 36.4 Å². The van der Waals surface area contributed by atoms with Gasteiger partial charge in [0.25, 0.3) is 10.0 Å². The van der Waals surface area contributed by atoms with Crippen LogP contribution in [0.3, 0.4) is 0 Å². The first-order valence-electron chi connectivity index (χ1n) is 20.2. The van der Waals surface area contributed by atoms with E-state index in [4.69, 9.17) is 0 Å². The quantitative estimate of drug-likeness (QED) is 0.121. The topological polar surface area (TPSA) is 170 Å². The molecule has 296 valence electrons. The largest absolute Gasteiger partial charge is 0.481 e. The molecule has 11 heteroatoms. The van der Waals surface area contributed by atoms with Crippen molar-refractivity contribution in [2.45, 2.75) is 107 Å². The van der Waals surface area contributed by atoms with Gasteiger partial charge in [-0.3, -0.25) is 9.59 Å². The molecule has 2 heterocycles. The minimum Gasteiger partial charge on any atom is -0.481 e. The van der Waals surface area contributed by atoms with Crippen molar-refractivity contribution in [1.29, 1.82) is 0 Å². The molecule has 4 aromatic carbocycles. The number of fused-ring (bicyclic) bond motifs is 12. The highest BCUT2D eigenvalue weighted by Gasteiger charge is 2.61. The zero-order valence-corrected chi connectivity index (χ0v) is 33.4. The van der Waals surface area contributed by atoms with Crippen LogP contribution in [-0.2, 0) is 43.3 Å². The number of hydrogen-bond donors (Lipinski definition) is 5. The molecule has 2 aromatic heterocycles. The third-order valence-electron chi connectivity index (χ3n) is 16.0. The highest BCUT2D eigenvalue weighted by atomic mass is 32.2. The van der Waals surface area contributed by atoms with Gasteiger partial charge < -0.3 is 25.4 Å². The molecule has 0 saturated heterocycles. The maximum Gasteiger partial charge on any atom is 0.312 e. The number of carboxylic acids is 2. The fourth-order valence-electron chi connectivity index (χ4n) is 12.7. The summed E-state index contributed by atoms with van der Waals surface area (Å²) in [6.45, 7) is 7.63. The maximum atomic E-state index is 15.0. The number of aromatic nitrogens is 2. The number of nitrogens with one attached hydrogen (secondary N) is 1. The number of carboxylic acid groups (broad SMARTS) is 2. The molecule has 0 bridgehead atoms. The van der Waals surface area contributed by atoms with Crippen LogP contribution in [0.25, 0.3) is 43.6 Å². The summed E-state index contributed by atoms with van der Waals surface area (Å²) in [6, 6.07) is 21.1.